The molecule has 0 rings (SSSR count). The van der Waals surface area contributed by atoms with E-state index in [9.17, 15) is 9.59 Å². The number of carbonyl (C=O) groups is 2. The van der Waals surface area contributed by atoms with Crippen molar-refractivity contribution in [3.63, 3.8) is 0 Å². The van der Waals surface area contributed by atoms with E-state index in [1.807, 2.05) is 34.6 Å². The number of nitrogens with one attached hydrogen (secondary N) is 2. The fraction of sp³-hybridized carbons (Fsp3) is 0.846. The van der Waals surface area contributed by atoms with Gasteiger partial charge >= 0.3 is 0 Å². The van der Waals surface area contributed by atoms with Crippen LogP contribution in [0.3, 0.4) is 0 Å². The monoisotopic (exact) mass is 257 g/mol. The maximum absolute atomic E-state index is 12.0. The summed E-state index contributed by atoms with van der Waals surface area (Å²) in [5, 5.41) is 5.76. The molecule has 0 aliphatic heterocycles. The molecule has 0 aliphatic carbocycles. The predicted molar refractivity (Wildman–Crippen MR) is 73.2 cm³/mol. The minimum Gasteiger partial charge on any atom is -0.359 e. The van der Waals surface area contributed by atoms with E-state index in [1.165, 1.54) is 0 Å². The molecule has 0 fully saturated rings. The normalized spacial score (nSPS) is 13.0. The molecule has 2 N–H and O–H groups in total. The second-order valence-corrected chi connectivity index (χ2v) is 5.08. The van der Waals surface area contributed by atoms with Crippen LogP contribution in [0.2, 0.25) is 0 Å². The highest BCUT2D eigenvalue weighted by Crippen LogP contribution is 2.13. The van der Waals surface area contributed by atoms with Crippen molar-refractivity contribution in [2.45, 2.75) is 40.7 Å². The van der Waals surface area contributed by atoms with Gasteiger partial charge in [-0.15, -0.1) is 0 Å². The van der Waals surface area contributed by atoms with Gasteiger partial charge in [0.1, 0.15) is 0 Å². The Morgan fingerprint density at radius 3 is 2.11 bits per heavy atom. The summed E-state index contributed by atoms with van der Waals surface area (Å²) in [4.78, 5) is 25.4. The average Bonchev–Trinajstić information content (AvgIpc) is 2.36. The fourth-order valence-corrected chi connectivity index (χ4v) is 1.72. The first-order valence-corrected chi connectivity index (χ1v) is 6.54. The molecule has 0 aromatic rings. The van der Waals surface area contributed by atoms with Crippen molar-refractivity contribution in [3.8, 4) is 0 Å². The van der Waals surface area contributed by atoms with E-state index < -0.39 is 5.41 Å². The summed E-state index contributed by atoms with van der Waals surface area (Å²) in [5.74, 6) is 0.0465. The second kappa shape index (κ2) is 7.36. The van der Waals surface area contributed by atoms with Crippen molar-refractivity contribution in [2.24, 2.45) is 5.41 Å². The van der Waals surface area contributed by atoms with E-state index in [0.717, 1.165) is 0 Å². The van der Waals surface area contributed by atoms with E-state index in [-0.39, 0.29) is 17.9 Å². The number of rotatable bonds is 7. The van der Waals surface area contributed by atoms with Crippen LogP contribution >= 0.6 is 0 Å². The zero-order chi connectivity index (χ0) is 14.3. The Kier molecular flexibility index (Phi) is 6.91. The first kappa shape index (κ1) is 16.9. The summed E-state index contributed by atoms with van der Waals surface area (Å²) < 4.78 is 0. The third-order valence-corrected chi connectivity index (χ3v) is 3.14. The Labute approximate surface area is 110 Å². The summed E-state index contributed by atoms with van der Waals surface area (Å²) in [5.41, 5.74) is -0.521. The third kappa shape index (κ3) is 4.64. The van der Waals surface area contributed by atoms with Gasteiger partial charge in [-0.1, -0.05) is 0 Å². The molecule has 0 saturated carbocycles. The van der Waals surface area contributed by atoms with Crippen molar-refractivity contribution in [2.75, 3.05) is 26.7 Å². The van der Waals surface area contributed by atoms with Crippen molar-refractivity contribution in [1.82, 2.24) is 15.5 Å². The molecule has 0 spiro atoms. The van der Waals surface area contributed by atoms with E-state index >= 15 is 0 Å². The van der Waals surface area contributed by atoms with Crippen LogP contribution in [0, 0.1) is 5.41 Å². The molecule has 0 bridgehead atoms. The summed E-state index contributed by atoms with van der Waals surface area (Å²) >= 11 is 0. The Morgan fingerprint density at radius 1 is 1.22 bits per heavy atom. The predicted octanol–water partition coefficient (Wildman–Crippen LogP) is 0.605. The van der Waals surface area contributed by atoms with E-state index in [1.54, 1.807) is 11.9 Å². The summed E-state index contributed by atoms with van der Waals surface area (Å²) in [6, 6.07) is -0.270. The van der Waals surface area contributed by atoms with Crippen molar-refractivity contribution in [3.05, 3.63) is 0 Å². The molecule has 0 radical (unpaired) electrons. The zero-order valence-corrected chi connectivity index (χ0v) is 12.5. The van der Waals surface area contributed by atoms with Crippen LogP contribution in [0.5, 0.6) is 0 Å². The maximum atomic E-state index is 12.0. The summed E-state index contributed by atoms with van der Waals surface area (Å²) in [6.07, 6.45) is 0. The standard InChI is InChI=1S/C13H27N3O2/c1-7-16(8-2)11(17)10(3)15-9-13(4,5)12(18)14-6/h10,15H,7-9H2,1-6H3,(H,14,18). The van der Waals surface area contributed by atoms with Gasteiger partial charge in [-0.05, 0) is 34.6 Å². The molecule has 0 saturated heterocycles. The Balaban J connectivity index is 4.37. The fourth-order valence-electron chi connectivity index (χ4n) is 1.72. The molecular formula is C13H27N3O2. The van der Waals surface area contributed by atoms with Gasteiger partial charge in [0.15, 0.2) is 0 Å². The van der Waals surface area contributed by atoms with Crippen molar-refractivity contribution < 1.29 is 9.59 Å². The highest BCUT2D eigenvalue weighted by molar-refractivity contribution is 5.83. The first-order valence-electron chi connectivity index (χ1n) is 6.54. The molecule has 5 nitrogen and oxygen atoms in total. The quantitative estimate of drug-likeness (QED) is 0.702. The van der Waals surface area contributed by atoms with Crippen molar-refractivity contribution >= 4 is 11.8 Å². The number of likely N-dealkylation sites (N-methyl/N-ethyl adjacent to an activating group) is 1. The molecule has 1 unspecified atom stereocenters. The SMILES string of the molecule is CCN(CC)C(=O)C(C)NCC(C)(C)C(=O)NC. The topological polar surface area (TPSA) is 61.4 Å². The van der Waals surface area contributed by atoms with Crippen LogP contribution in [0.25, 0.3) is 0 Å². The van der Waals surface area contributed by atoms with Gasteiger partial charge < -0.3 is 15.5 Å². The van der Waals surface area contributed by atoms with Gasteiger partial charge in [0.2, 0.25) is 11.8 Å². The van der Waals surface area contributed by atoms with Gasteiger partial charge in [0, 0.05) is 26.7 Å². The molecule has 1 atom stereocenters. The van der Waals surface area contributed by atoms with Gasteiger partial charge in [0.05, 0.1) is 11.5 Å². The van der Waals surface area contributed by atoms with Gasteiger partial charge in [-0.2, -0.15) is 0 Å². The Bertz CT molecular complexity index is 286. The minimum atomic E-state index is -0.521. The second-order valence-electron chi connectivity index (χ2n) is 5.08. The number of hydrogen-bond donors (Lipinski definition) is 2. The summed E-state index contributed by atoms with van der Waals surface area (Å²) in [7, 11) is 1.62. The van der Waals surface area contributed by atoms with Crippen LogP contribution in [0.4, 0.5) is 0 Å². The highest BCUT2D eigenvalue weighted by Gasteiger charge is 2.28. The smallest absolute Gasteiger partial charge is 0.239 e. The molecule has 0 aliphatic rings. The molecule has 2 amide bonds. The lowest BCUT2D eigenvalue weighted by molar-refractivity contribution is -0.134. The number of nitrogens with zero attached hydrogens (tertiary/aromatic N) is 1. The number of amides is 2. The summed E-state index contributed by atoms with van der Waals surface area (Å²) in [6.45, 7) is 11.4. The van der Waals surface area contributed by atoms with Gasteiger partial charge in [-0.3, -0.25) is 9.59 Å². The third-order valence-electron chi connectivity index (χ3n) is 3.14. The van der Waals surface area contributed by atoms with E-state index in [2.05, 4.69) is 10.6 Å². The Morgan fingerprint density at radius 2 is 1.72 bits per heavy atom. The molecule has 0 heterocycles. The maximum Gasteiger partial charge on any atom is 0.239 e. The highest BCUT2D eigenvalue weighted by atomic mass is 16.2. The average molecular weight is 257 g/mol. The van der Waals surface area contributed by atoms with E-state index in [4.69, 9.17) is 0 Å². The largest absolute Gasteiger partial charge is 0.359 e. The molecule has 0 aromatic heterocycles. The van der Waals surface area contributed by atoms with Crippen LogP contribution in [0.1, 0.15) is 34.6 Å². The molecule has 5 heteroatoms. The molecule has 106 valence electrons. The number of hydrogen-bond acceptors (Lipinski definition) is 3. The zero-order valence-electron chi connectivity index (χ0n) is 12.5. The lowest BCUT2D eigenvalue weighted by Gasteiger charge is -2.27. The van der Waals surface area contributed by atoms with Crippen LogP contribution < -0.4 is 10.6 Å². The first-order chi connectivity index (χ1) is 8.30. The number of carbonyl (C=O) groups excluding carboxylic acids is 2. The van der Waals surface area contributed by atoms with Crippen LogP contribution in [-0.4, -0.2) is 49.4 Å². The minimum absolute atomic E-state index is 0.0301. The van der Waals surface area contributed by atoms with Crippen LogP contribution in [0.15, 0.2) is 0 Å². The van der Waals surface area contributed by atoms with Crippen LogP contribution in [-0.2, 0) is 9.59 Å². The lowest BCUT2D eigenvalue weighted by Crippen LogP contribution is -2.50. The van der Waals surface area contributed by atoms with Gasteiger partial charge in [0.25, 0.3) is 0 Å². The van der Waals surface area contributed by atoms with Gasteiger partial charge in [-0.25, -0.2) is 0 Å². The molecular weight excluding hydrogens is 230 g/mol. The Hall–Kier alpha value is -1.10. The van der Waals surface area contributed by atoms with Crippen molar-refractivity contribution in [1.29, 1.82) is 0 Å². The molecule has 0 aromatic carbocycles. The lowest BCUT2D eigenvalue weighted by atomic mass is 9.92. The molecule has 18 heavy (non-hydrogen) atoms. The van der Waals surface area contributed by atoms with E-state index in [0.29, 0.717) is 19.6 Å².